The molecule has 0 radical (unpaired) electrons. The highest BCUT2D eigenvalue weighted by Gasteiger charge is 2.08. The summed E-state index contributed by atoms with van der Waals surface area (Å²) < 4.78 is 5.34. The smallest absolute Gasteiger partial charge is 0.243 e. The van der Waals surface area contributed by atoms with Crippen LogP contribution >= 0.6 is 24.0 Å². The molecule has 1 atom stereocenters. The van der Waals surface area contributed by atoms with Gasteiger partial charge in [-0.3, -0.25) is 4.79 Å². The third-order valence-electron chi connectivity index (χ3n) is 3.99. The standard InChI is InChI=1S/C19H34N4O2.HI/c1-5-6-7-8-10-16(2)22-19(21-15-18(24)23(3)4)20-13-12-17-11-9-14-25-17;/h9,11,14,16H,5-8,10,12-13,15H2,1-4H3,(H2,20,21,22);1H. The van der Waals surface area contributed by atoms with Gasteiger partial charge >= 0.3 is 0 Å². The normalized spacial score (nSPS) is 12.2. The van der Waals surface area contributed by atoms with Crippen molar-refractivity contribution in [3.8, 4) is 0 Å². The fraction of sp³-hybridized carbons (Fsp3) is 0.684. The predicted octanol–water partition coefficient (Wildman–Crippen LogP) is 3.42. The largest absolute Gasteiger partial charge is 0.469 e. The SMILES string of the molecule is CCCCCCC(C)NC(=NCC(=O)N(C)C)NCCc1ccco1.I. The second kappa shape index (κ2) is 14.9. The number of guanidine groups is 1. The molecule has 0 aromatic carbocycles. The molecule has 0 bridgehead atoms. The summed E-state index contributed by atoms with van der Waals surface area (Å²) in [6.07, 6.45) is 8.55. The second-order valence-corrected chi connectivity index (χ2v) is 6.60. The highest BCUT2D eigenvalue weighted by atomic mass is 127. The predicted molar refractivity (Wildman–Crippen MR) is 118 cm³/mol. The monoisotopic (exact) mass is 478 g/mol. The van der Waals surface area contributed by atoms with E-state index in [-0.39, 0.29) is 36.4 Å². The molecule has 0 fully saturated rings. The van der Waals surface area contributed by atoms with E-state index in [2.05, 4.69) is 29.5 Å². The van der Waals surface area contributed by atoms with Crippen LogP contribution in [0.1, 0.15) is 51.7 Å². The van der Waals surface area contributed by atoms with Gasteiger partial charge in [0, 0.05) is 33.1 Å². The number of hydrogen-bond donors (Lipinski definition) is 2. The molecule has 1 aromatic rings. The fourth-order valence-corrected chi connectivity index (χ4v) is 2.38. The molecule has 150 valence electrons. The number of carbonyl (C=O) groups excluding carboxylic acids is 1. The molecular weight excluding hydrogens is 443 g/mol. The van der Waals surface area contributed by atoms with Crippen LogP contribution in [0, 0.1) is 0 Å². The van der Waals surface area contributed by atoms with E-state index in [4.69, 9.17) is 4.42 Å². The topological polar surface area (TPSA) is 69.9 Å². The van der Waals surface area contributed by atoms with E-state index in [1.54, 1.807) is 25.3 Å². The van der Waals surface area contributed by atoms with Gasteiger partial charge in [0.15, 0.2) is 5.96 Å². The average Bonchev–Trinajstić information content (AvgIpc) is 3.09. The first-order chi connectivity index (χ1) is 12.0. The van der Waals surface area contributed by atoms with Gasteiger partial charge in [0.25, 0.3) is 0 Å². The number of nitrogens with zero attached hydrogens (tertiary/aromatic N) is 2. The molecule has 0 saturated carbocycles. The van der Waals surface area contributed by atoms with Crippen LogP contribution in [0.2, 0.25) is 0 Å². The molecule has 1 heterocycles. The number of nitrogens with one attached hydrogen (secondary N) is 2. The molecule has 1 unspecified atom stereocenters. The van der Waals surface area contributed by atoms with E-state index in [0.717, 1.165) is 18.6 Å². The Morgan fingerprint density at radius 3 is 2.69 bits per heavy atom. The Kier molecular flexibility index (Phi) is 14.2. The van der Waals surface area contributed by atoms with Crippen molar-refractivity contribution >= 4 is 35.8 Å². The van der Waals surface area contributed by atoms with Gasteiger partial charge in [0.05, 0.1) is 6.26 Å². The van der Waals surface area contributed by atoms with E-state index in [0.29, 0.717) is 18.5 Å². The minimum atomic E-state index is -0.0114. The van der Waals surface area contributed by atoms with Gasteiger partial charge < -0.3 is 20.0 Å². The van der Waals surface area contributed by atoms with Crippen LogP contribution in [-0.4, -0.2) is 50.0 Å². The third kappa shape index (κ3) is 11.4. The van der Waals surface area contributed by atoms with Crippen LogP contribution in [0.5, 0.6) is 0 Å². The molecule has 1 rings (SSSR count). The zero-order chi connectivity index (χ0) is 18.5. The Morgan fingerprint density at radius 2 is 2.08 bits per heavy atom. The van der Waals surface area contributed by atoms with Gasteiger partial charge in [-0.2, -0.15) is 0 Å². The van der Waals surface area contributed by atoms with Crippen LogP contribution in [0.3, 0.4) is 0 Å². The van der Waals surface area contributed by atoms with Crippen LogP contribution in [0.25, 0.3) is 0 Å². The number of rotatable bonds is 11. The van der Waals surface area contributed by atoms with Gasteiger partial charge in [0.2, 0.25) is 5.91 Å². The van der Waals surface area contributed by atoms with Crippen molar-refractivity contribution in [3.05, 3.63) is 24.2 Å². The molecule has 0 aliphatic carbocycles. The van der Waals surface area contributed by atoms with Gasteiger partial charge in [-0.05, 0) is 25.5 Å². The number of carbonyl (C=O) groups is 1. The summed E-state index contributed by atoms with van der Waals surface area (Å²) >= 11 is 0. The fourth-order valence-electron chi connectivity index (χ4n) is 2.38. The summed E-state index contributed by atoms with van der Waals surface area (Å²) in [6.45, 7) is 5.23. The Labute approximate surface area is 175 Å². The minimum absolute atomic E-state index is 0. The average molecular weight is 478 g/mol. The summed E-state index contributed by atoms with van der Waals surface area (Å²) in [5.41, 5.74) is 0. The van der Waals surface area contributed by atoms with Gasteiger partial charge in [-0.1, -0.05) is 32.6 Å². The van der Waals surface area contributed by atoms with Crippen molar-refractivity contribution < 1.29 is 9.21 Å². The summed E-state index contributed by atoms with van der Waals surface area (Å²) in [7, 11) is 3.48. The van der Waals surface area contributed by atoms with E-state index < -0.39 is 0 Å². The molecule has 2 N–H and O–H groups in total. The van der Waals surface area contributed by atoms with Crippen LogP contribution in [-0.2, 0) is 11.2 Å². The number of halogens is 1. The molecule has 1 aromatic heterocycles. The van der Waals surface area contributed by atoms with Crippen LogP contribution in [0.4, 0.5) is 0 Å². The Morgan fingerprint density at radius 1 is 1.31 bits per heavy atom. The maximum absolute atomic E-state index is 11.8. The summed E-state index contributed by atoms with van der Waals surface area (Å²) in [6, 6.07) is 4.16. The first kappa shape index (κ1) is 24.8. The summed E-state index contributed by atoms with van der Waals surface area (Å²) in [5, 5.41) is 6.70. The Balaban J connectivity index is 0.00000625. The lowest BCUT2D eigenvalue weighted by atomic mass is 10.1. The number of hydrogen-bond acceptors (Lipinski definition) is 3. The lowest BCUT2D eigenvalue weighted by molar-refractivity contribution is -0.127. The molecule has 7 heteroatoms. The van der Waals surface area contributed by atoms with Gasteiger partial charge in [0.1, 0.15) is 12.3 Å². The lowest BCUT2D eigenvalue weighted by Gasteiger charge is -2.18. The number of unbranched alkanes of at least 4 members (excludes halogenated alkanes) is 3. The highest BCUT2D eigenvalue weighted by molar-refractivity contribution is 14.0. The van der Waals surface area contributed by atoms with E-state index in [1.807, 2.05) is 12.1 Å². The van der Waals surface area contributed by atoms with Gasteiger partial charge in [-0.15, -0.1) is 24.0 Å². The quantitative estimate of drug-likeness (QED) is 0.221. The summed E-state index contributed by atoms with van der Waals surface area (Å²) in [4.78, 5) is 17.8. The van der Waals surface area contributed by atoms with E-state index in [9.17, 15) is 4.79 Å². The van der Waals surface area contributed by atoms with E-state index in [1.165, 1.54) is 25.7 Å². The molecule has 1 amide bonds. The number of amides is 1. The van der Waals surface area contributed by atoms with Crippen LogP contribution < -0.4 is 10.6 Å². The van der Waals surface area contributed by atoms with Crippen molar-refractivity contribution in [1.82, 2.24) is 15.5 Å². The zero-order valence-corrected chi connectivity index (χ0v) is 18.9. The lowest BCUT2D eigenvalue weighted by Crippen LogP contribution is -2.43. The first-order valence-electron chi connectivity index (χ1n) is 9.30. The first-order valence-corrected chi connectivity index (χ1v) is 9.30. The maximum Gasteiger partial charge on any atom is 0.243 e. The molecule has 6 nitrogen and oxygen atoms in total. The van der Waals surface area contributed by atoms with Gasteiger partial charge in [-0.25, -0.2) is 4.99 Å². The second-order valence-electron chi connectivity index (χ2n) is 6.60. The minimum Gasteiger partial charge on any atom is -0.469 e. The highest BCUT2D eigenvalue weighted by Crippen LogP contribution is 2.05. The van der Waals surface area contributed by atoms with Crippen molar-refractivity contribution in [2.75, 3.05) is 27.2 Å². The molecule has 0 aliphatic rings. The number of aliphatic imine (C=N–C) groups is 1. The van der Waals surface area contributed by atoms with Crippen molar-refractivity contribution in [3.63, 3.8) is 0 Å². The Bertz CT molecular complexity index is 504. The number of furan rings is 1. The zero-order valence-electron chi connectivity index (χ0n) is 16.6. The van der Waals surface area contributed by atoms with E-state index >= 15 is 0 Å². The molecule has 0 spiro atoms. The molecule has 0 saturated heterocycles. The third-order valence-corrected chi connectivity index (χ3v) is 3.99. The Hall–Kier alpha value is -1.25. The molecule has 26 heavy (non-hydrogen) atoms. The van der Waals surface area contributed by atoms with Crippen molar-refractivity contribution in [2.45, 2.75) is 58.4 Å². The molecular formula is C19H35IN4O2. The summed E-state index contributed by atoms with van der Waals surface area (Å²) in [5.74, 6) is 1.61. The molecule has 0 aliphatic heterocycles. The van der Waals surface area contributed by atoms with Crippen LogP contribution in [0.15, 0.2) is 27.8 Å². The van der Waals surface area contributed by atoms with Crippen molar-refractivity contribution in [2.24, 2.45) is 4.99 Å². The number of likely N-dealkylation sites (N-methyl/N-ethyl adjacent to an activating group) is 1. The van der Waals surface area contributed by atoms with Crippen molar-refractivity contribution in [1.29, 1.82) is 0 Å². The maximum atomic E-state index is 11.8.